The highest BCUT2D eigenvalue weighted by Crippen LogP contribution is 2.40. The van der Waals surface area contributed by atoms with Crippen molar-refractivity contribution in [3.8, 4) is 28.6 Å². The molecule has 1 aromatic heterocycles. The molecule has 0 fully saturated rings. The first-order chi connectivity index (χ1) is 9.73. The molecule has 5 nitrogen and oxygen atoms in total. The second-order valence-electron chi connectivity index (χ2n) is 3.92. The fourth-order valence-electron chi connectivity index (χ4n) is 1.82. The van der Waals surface area contributed by atoms with Crippen molar-refractivity contribution in [3.63, 3.8) is 0 Å². The van der Waals surface area contributed by atoms with Gasteiger partial charge in [0.1, 0.15) is 0 Å². The summed E-state index contributed by atoms with van der Waals surface area (Å²) >= 11 is 5.79. The van der Waals surface area contributed by atoms with E-state index in [1.807, 2.05) is 0 Å². The Labute approximate surface area is 122 Å². The molecule has 2 rings (SSSR count). The van der Waals surface area contributed by atoms with E-state index in [9.17, 15) is 0 Å². The zero-order valence-corrected chi connectivity index (χ0v) is 12.3. The summed E-state index contributed by atoms with van der Waals surface area (Å²) in [5, 5.41) is 0. The number of aromatic nitrogens is 2. The Morgan fingerprint density at radius 3 is 2.20 bits per heavy atom. The summed E-state index contributed by atoms with van der Waals surface area (Å²) in [5.41, 5.74) is 1.52. The van der Waals surface area contributed by atoms with Crippen LogP contribution in [-0.2, 0) is 5.88 Å². The first kappa shape index (κ1) is 14.4. The molecule has 0 spiro atoms. The maximum Gasteiger partial charge on any atom is 0.203 e. The molecule has 1 aromatic carbocycles. The van der Waals surface area contributed by atoms with Gasteiger partial charge in [-0.1, -0.05) is 0 Å². The van der Waals surface area contributed by atoms with Crippen LogP contribution in [0, 0.1) is 0 Å². The van der Waals surface area contributed by atoms with Gasteiger partial charge in [0.25, 0.3) is 0 Å². The van der Waals surface area contributed by atoms with E-state index in [4.69, 9.17) is 25.8 Å². The third-order valence-corrected chi connectivity index (χ3v) is 3.05. The van der Waals surface area contributed by atoms with Crippen molar-refractivity contribution >= 4 is 11.6 Å². The highest BCUT2D eigenvalue weighted by Gasteiger charge is 2.15. The van der Waals surface area contributed by atoms with E-state index in [0.717, 1.165) is 11.3 Å². The normalized spacial score (nSPS) is 10.2. The van der Waals surface area contributed by atoms with Crippen LogP contribution < -0.4 is 14.2 Å². The molecule has 0 unspecified atom stereocenters. The number of ether oxygens (including phenoxy) is 3. The lowest BCUT2D eigenvalue weighted by molar-refractivity contribution is 0.324. The largest absolute Gasteiger partial charge is 0.493 e. The zero-order chi connectivity index (χ0) is 14.5. The smallest absolute Gasteiger partial charge is 0.203 e. The van der Waals surface area contributed by atoms with E-state index in [2.05, 4.69) is 9.97 Å². The molecule has 0 aliphatic rings. The van der Waals surface area contributed by atoms with Gasteiger partial charge < -0.3 is 14.2 Å². The predicted octanol–water partition coefficient (Wildman–Crippen LogP) is 2.91. The minimum atomic E-state index is 0.333. The van der Waals surface area contributed by atoms with E-state index in [-0.39, 0.29) is 0 Å². The summed E-state index contributed by atoms with van der Waals surface area (Å²) in [7, 11) is 4.69. The Morgan fingerprint density at radius 2 is 1.70 bits per heavy atom. The van der Waals surface area contributed by atoms with Gasteiger partial charge in [-0.2, -0.15) is 0 Å². The predicted molar refractivity (Wildman–Crippen MR) is 76.7 cm³/mol. The van der Waals surface area contributed by atoms with Crippen LogP contribution in [0.2, 0.25) is 0 Å². The Hall–Kier alpha value is -2.01. The number of nitrogens with zero attached hydrogens (tertiary/aromatic N) is 2. The third-order valence-electron chi connectivity index (χ3n) is 2.77. The first-order valence-electron chi connectivity index (χ1n) is 5.91. The summed E-state index contributed by atoms with van der Waals surface area (Å²) in [5.74, 6) is 2.54. The van der Waals surface area contributed by atoms with Crippen LogP contribution in [0.5, 0.6) is 17.2 Å². The van der Waals surface area contributed by atoms with Gasteiger partial charge in [0, 0.05) is 11.8 Å². The van der Waals surface area contributed by atoms with Gasteiger partial charge in [-0.25, -0.2) is 9.97 Å². The monoisotopic (exact) mass is 294 g/mol. The molecular weight excluding hydrogens is 280 g/mol. The fraction of sp³-hybridized carbons (Fsp3) is 0.286. The Kier molecular flexibility index (Phi) is 4.63. The second-order valence-corrected chi connectivity index (χ2v) is 4.19. The fourth-order valence-corrected chi connectivity index (χ4v) is 1.97. The maximum atomic E-state index is 5.79. The molecule has 0 amide bonds. The van der Waals surface area contributed by atoms with Crippen molar-refractivity contribution in [1.29, 1.82) is 0 Å². The van der Waals surface area contributed by atoms with Crippen LogP contribution in [0.3, 0.4) is 0 Å². The molecule has 0 aliphatic carbocycles. The van der Waals surface area contributed by atoms with Gasteiger partial charge in [0.05, 0.1) is 32.9 Å². The second kappa shape index (κ2) is 6.43. The van der Waals surface area contributed by atoms with Crippen molar-refractivity contribution in [2.45, 2.75) is 5.88 Å². The quantitative estimate of drug-likeness (QED) is 0.794. The Bertz CT molecular complexity index is 580. The molecule has 0 saturated heterocycles. The highest BCUT2D eigenvalue weighted by atomic mass is 35.5. The number of benzene rings is 1. The third kappa shape index (κ3) is 2.77. The Morgan fingerprint density at radius 1 is 1.05 bits per heavy atom. The van der Waals surface area contributed by atoms with E-state index >= 15 is 0 Å². The molecule has 106 valence electrons. The lowest BCUT2D eigenvalue weighted by Gasteiger charge is -2.13. The summed E-state index contributed by atoms with van der Waals surface area (Å²) in [4.78, 5) is 8.62. The topological polar surface area (TPSA) is 53.5 Å². The van der Waals surface area contributed by atoms with E-state index in [1.165, 1.54) is 0 Å². The molecule has 0 radical (unpaired) electrons. The number of methoxy groups -OCH3 is 3. The molecule has 2 aromatic rings. The van der Waals surface area contributed by atoms with Gasteiger partial charge in [0.15, 0.2) is 17.3 Å². The molecule has 0 atom stereocenters. The maximum absolute atomic E-state index is 5.79. The van der Waals surface area contributed by atoms with Gasteiger partial charge in [-0.3, -0.25) is 0 Å². The van der Waals surface area contributed by atoms with Crippen LogP contribution in [0.15, 0.2) is 24.4 Å². The van der Waals surface area contributed by atoms with Crippen molar-refractivity contribution in [3.05, 3.63) is 30.1 Å². The Balaban J connectivity index is 2.56. The van der Waals surface area contributed by atoms with Gasteiger partial charge in [-0.15, -0.1) is 11.6 Å². The molecular formula is C14H15ClN2O3. The van der Waals surface area contributed by atoms with E-state index in [0.29, 0.717) is 29.0 Å². The van der Waals surface area contributed by atoms with Gasteiger partial charge in [0.2, 0.25) is 5.75 Å². The number of hydrogen-bond acceptors (Lipinski definition) is 5. The van der Waals surface area contributed by atoms with Crippen LogP contribution in [-0.4, -0.2) is 31.3 Å². The van der Waals surface area contributed by atoms with Crippen molar-refractivity contribution in [1.82, 2.24) is 9.97 Å². The van der Waals surface area contributed by atoms with Crippen LogP contribution in [0.25, 0.3) is 11.4 Å². The van der Waals surface area contributed by atoms with Crippen molar-refractivity contribution in [2.75, 3.05) is 21.3 Å². The number of rotatable bonds is 5. The molecule has 0 N–H and O–H groups in total. The van der Waals surface area contributed by atoms with Crippen molar-refractivity contribution < 1.29 is 14.2 Å². The van der Waals surface area contributed by atoms with E-state index in [1.54, 1.807) is 45.7 Å². The molecule has 0 aliphatic heterocycles. The highest BCUT2D eigenvalue weighted by molar-refractivity contribution is 6.16. The van der Waals surface area contributed by atoms with Crippen molar-refractivity contribution in [2.24, 2.45) is 0 Å². The van der Waals surface area contributed by atoms with Crippen LogP contribution in [0.4, 0.5) is 0 Å². The minimum Gasteiger partial charge on any atom is -0.493 e. The SMILES string of the molecule is COc1cc(-c2nccc(CCl)n2)cc(OC)c1OC. The van der Waals surface area contributed by atoms with Gasteiger partial charge >= 0.3 is 0 Å². The standard InChI is InChI=1S/C14H15ClN2O3/c1-18-11-6-9(7-12(19-2)13(11)20-3)14-16-5-4-10(8-15)17-14/h4-7H,8H2,1-3H3. The summed E-state index contributed by atoms with van der Waals surface area (Å²) < 4.78 is 15.9. The molecule has 6 heteroatoms. The van der Waals surface area contributed by atoms with Gasteiger partial charge in [-0.05, 0) is 18.2 Å². The number of halogens is 1. The molecule has 0 saturated carbocycles. The average Bonchev–Trinajstić information content (AvgIpc) is 2.53. The lowest BCUT2D eigenvalue weighted by Crippen LogP contribution is -1.98. The number of alkyl halides is 1. The number of hydrogen-bond donors (Lipinski definition) is 0. The lowest BCUT2D eigenvalue weighted by atomic mass is 10.1. The summed E-state index contributed by atoms with van der Waals surface area (Å²) in [6.45, 7) is 0. The van der Waals surface area contributed by atoms with Crippen LogP contribution in [0.1, 0.15) is 5.69 Å². The molecule has 0 bridgehead atoms. The van der Waals surface area contributed by atoms with Crippen LogP contribution >= 0.6 is 11.6 Å². The van der Waals surface area contributed by atoms with E-state index < -0.39 is 0 Å². The molecule has 20 heavy (non-hydrogen) atoms. The summed E-state index contributed by atoms with van der Waals surface area (Å²) in [6.07, 6.45) is 1.67. The molecule has 1 heterocycles. The average molecular weight is 295 g/mol. The summed E-state index contributed by atoms with van der Waals surface area (Å²) in [6, 6.07) is 5.37. The zero-order valence-electron chi connectivity index (χ0n) is 11.5. The first-order valence-corrected chi connectivity index (χ1v) is 6.45. The minimum absolute atomic E-state index is 0.333.